The minimum atomic E-state index is -0.976. The van der Waals surface area contributed by atoms with Crippen molar-refractivity contribution >= 4 is 5.96 Å². The molecule has 2 aromatic carbocycles. The van der Waals surface area contributed by atoms with E-state index < -0.39 is 5.60 Å². The molecule has 0 spiro atoms. The minimum Gasteiger partial charge on any atom is -0.384 e. The third-order valence-electron chi connectivity index (χ3n) is 4.06. The molecular formula is C21H29N3O2. The molecule has 0 aliphatic heterocycles. The maximum Gasteiger partial charge on any atom is 0.191 e. The van der Waals surface area contributed by atoms with Gasteiger partial charge in [0, 0.05) is 13.7 Å². The van der Waals surface area contributed by atoms with E-state index in [-0.39, 0.29) is 0 Å². The van der Waals surface area contributed by atoms with Crippen LogP contribution in [0.4, 0.5) is 0 Å². The average molecular weight is 355 g/mol. The monoisotopic (exact) mass is 355 g/mol. The van der Waals surface area contributed by atoms with E-state index in [2.05, 4.69) is 21.7 Å². The first-order chi connectivity index (χ1) is 12.5. The summed E-state index contributed by atoms with van der Waals surface area (Å²) >= 11 is 0. The molecule has 0 fully saturated rings. The number of aliphatic imine (C=N–C) groups is 1. The summed E-state index contributed by atoms with van der Waals surface area (Å²) in [6, 6.07) is 17.8. The third-order valence-corrected chi connectivity index (χ3v) is 4.06. The zero-order valence-corrected chi connectivity index (χ0v) is 15.8. The van der Waals surface area contributed by atoms with E-state index >= 15 is 0 Å². The Morgan fingerprint density at radius 2 is 1.81 bits per heavy atom. The van der Waals surface area contributed by atoms with Crippen molar-refractivity contribution in [1.29, 1.82) is 0 Å². The van der Waals surface area contributed by atoms with Gasteiger partial charge in [0.05, 0.1) is 19.7 Å². The van der Waals surface area contributed by atoms with Crippen molar-refractivity contribution in [2.45, 2.75) is 32.6 Å². The van der Waals surface area contributed by atoms with Gasteiger partial charge in [-0.1, -0.05) is 54.6 Å². The average Bonchev–Trinajstić information content (AvgIpc) is 2.65. The van der Waals surface area contributed by atoms with Crippen LogP contribution in [0.5, 0.6) is 0 Å². The molecule has 26 heavy (non-hydrogen) atoms. The normalized spacial score (nSPS) is 13.9. The van der Waals surface area contributed by atoms with Crippen molar-refractivity contribution in [3.05, 3.63) is 71.3 Å². The summed E-state index contributed by atoms with van der Waals surface area (Å²) < 4.78 is 5.18. The molecule has 3 N–H and O–H groups in total. The number of hydrogen-bond donors (Lipinski definition) is 3. The largest absolute Gasteiger partial charge is 0.384 e. The smallest absolute Gasteiger partial charge is 0.191 e. The van der Waals surface area contributed by atoms with E-state index in [1.165, 1.54) is 0 Å². The summed E-state index contributed by atoms with van der Waals surface area (Å²) in [4.78, 5) is 4.62. The van der Waals surface area contributed by atoms with Crippen molar-refractivity contribution in [2.24, 2.45) is 4.99 Å². The number of nitrogens with one attached hydrogen (secondary N) is 2. The van der Waals surface area contributed by atoms with Crippen molar-refractivity contribution in [1.82, 2.24) is 10.6 Å². The molecule has 0 saturated carbocycles. The van der Waals surface area contributed by atoms with E-state index in [9.17, 15) is 5.11 Å². The molecule has 5 heteroatoms. The van der Waals surface area contributed by atoms with Gasteiger partial charge in [0.15, 0.2) is 5.96 Å². The number of rotatable bonds is 8. The Morgan fingerprint density at radius 1 is 1.08 bits per heavy atom. The van der Waals surface area contributed by atoms with E-state index in [0.717, 1.165) is 23.2 Å². The lowest BCUT2D eigenvalue weighted by Gasteiger charge is -2.25. The van der Waals surface area contributed by atoms with E-state index in [1.807, 2.05) is 55.5 Å². The molecule has 0 amide bonds. The Labute approximate surface area is 156 Å². The van der Waals surface area contributed by atoms with Gasteiger partial charge in [-0.25, -0.2) is 4.99 Å². The van der Waals surface area contributed by atoms with Crippen LogP contribution in [0.25, 0.3) is 0 Å². The first-order valence-electron chi connectivity index (χ1n) is 8.92. The van der Waals surface area contributed by atoms with E-state index in [0.29, 0.717) is 25.7 Å². The second kappa shape index (κ2) is 9.94. The first kappa shape index (κ1) is 19.9. The Morgan fingerprint density at radius 3 is 2.50 bits per heavy atom. The summed E-state index contributed by atoms with van der Waals surface area (Å²) in [5.74, 6) is 0.681. The van der Waals surface area contributed by atoms with Crippen LogP contribution in [-0.4, -0.2) is 31.3 Å². The number of methoxy groups -OCH3 is 1. The molecular weight excluding hydrogens is 326 g/mol. The lowest BCUT2D eigenvalue weighted by atomic mass is 9.96. The van der Waals surface area contributed by atoms with Crippen LogP contribution in [-0.2, 0) is 23.5 Å². The molecule has 0 heterocycles. The number of benzene rings is 2. The highest BCUT2D eigenvalue weighted by Crippen LogP contribution is 2.18. The van der Waals surface area contributed by atoms with Gasteiger partial charge >= 0.3 is 0 Å². The van der Waals surface area contributed by atoms with Gasteiger partial charge in [0.1, 0.15) is 5.60 Å². The van der Waals surface area contributed by atoms with Crippen LogP contribution >= 0.6 is 0 Å². The second-order valence-corrected chi connectivity index (χ2v) is 6.44. The summed E-state index contributed by atoms with van der Waals surface area (Å²) in [6.07, 6.45) is 0. The van der Waals surface area contributed by atoms with Crippen LogP contribution < -0.4 is 10.6 Å². The van der Waals surface area contributed by atoms with Crippen molar-refractivity contribution in [3.8, 4) is 0 Å². The molecule has 1 atom stereocenters. The number of nitrogens with zero attached hydrogens (tertiary/aromatic N) is 1. The maximum absolute atomic E-state index is 10.7. The Kier molecular flexibility index (Phi) is 7.63. The standard InChI is InChI=1S/C21H29N3O2/c1-4-22-20(23-14-17-9-8-10-18(13-17)15-26-3)24-16-21(2,25)19-11-6-5-7-12-19/h5-13,25H,4,14-16H2,1-3H3,(H2,22,23,24). The number of hydrogen-bond acceptors (Lipinski definition) is 3. The Bertz CT molecular complexity index is 699. The van der Waals surface area contributed by atoms with Crippen molar-refractivity contribution in [3.63, 3.8) is 0 Å². The van der Waals surface area contributed by atoms with Crippen LogP contribution in [0.3, 0.4) is 0 Å². The number of ether oxygens (including phenoxy) is 1. The molecule has 5 nitrogen and oxygen atoms in total. The van der Waals surface area contributed by atoms with Crippen LogP contribution in [0.15, 0.2) is 59.6 Å². The van der Waals surface area contributed by atoms with Crippen molar-refractivity contribution in [2.75, 3.05) is 20.2 Å². The SMILES string of the molecule is CCNC(=NCc1cccc(COC)c1)NCC(C)(O)c1ccccc1. The molecule has 0 bridgehead atoms. The highest BCUT2D eigenvalue weighted by Gasteiger charge is 2.22. The molecule has 0 radical (unpaired) electrons. The van der Waals surface area contributed by atoms with Gasteiger partial charge in [0.2, 0.25) is 0 Å². The highest BCUT2D eigenvalue weighted by atomic mass is 16.5. The second-order valence-electron chi connectivity index (χ2n) is 6.44. The lowest BCUT2D eigenvalue weighted by molar-refractivity contribution is 0.0617. The molecule has 0 saturated heterocycles. The summed E-state index contributed by atoms with van der Waals surface area (Å²) in [6.45, 7) is 6.09. The fraction of sp³-hybridized carbons (Fsp3) is 0.381. The minimum absolute atomic E-state index is 0.368. The number of aliphatic hydroxyl groups is 1. The molecule has 1 unspecified atom stereocenters. The third kappa shape index (κ3) is 6.17. The van der Waals surface area contributed by atoms with Gasteiger partial charge in [-0.2, -0.15) is 0 Å². The van der Waals surface area contributed by atoms with Gasteiger partial charge in [0.25, 0.3) is 0 Å². The molecule has 0 aromatic heterocycles. The Balaban J connectivity index is 2.01. The summed E-state index contributed by atoms with van der Waals surface area (Å²) in [5.41, 5.74) is 2.14. The van der Waals surface area contributed by atoms with Gasteiger partial charge in [-0.3, -0.25) is 0 Å². The Hall–Kier alpha value is -2.37. The fourth-order valence-corrected chi connectivity index (χ4v) is 2.65. The highest BCUT2D eigenvalue weighted by molar-refractivity contribution is 5.79. The van der Waals surface area contributed by atoms with E-state index in [4.69, 9.17) is 4.74 Å². The van der Waals surface area contributed by atoms with Gasteiger partial charge in [-0.05, 0) is 30.5 Å². The molecule has 0 aliphatic carbocycles. The van der Waals surface area contributed by atoms with Crippen LogP contribution in [0.2, 0.25) is 0 Å². The zero-order chi connectivity index (χ0) is 18.8. The predicted octanol–water partition coefficient (Wildman–Crippen LogP) is 2.80. The zero-order valence-electron chi connectivity index (χ0n) is 15.8. The van der Waals surface area contributed by atoms with Gasteiger partial charge in [-0.15, -0.1) is 0 Å². The molecule has 0 aliphatic rings. The van der Waals surface area contributed by atoms with Crippen LogP contribution in [0.1, 0.15) is 30.5 Å². The summed E-state index contributed by atoms with van der Waals surface area (Å²) in [7, 11) is 1.69. The quantitative estimate of drug-likeness (QED) is 0.503. The van der Waals surface area contributed by atoms with Gasteiger partial charge < -0.3 is 20.5 Å². The van der Waals surface area contributed by atoms with E-state index in [1.54, 1.807) is 14.0 Å². The maximum atomic E-state index is 10.7. The molecule has 2 rings (SSSR count). The fourth-order valence-electron chi connectivity index (χ4n) is 2.65. The van der Waals surface area contributed by atoms with Crippen molar-refractivity contribution < 1.29 is 9.84 Å². The molecule has 140 valence electrons. The lowest BCUT2D eigenvalue weighted by Crippen LogP contribution is -2.44. The molecule has 2 aromatic rings. The van der Waals surface area contributed by atoms with Crippen LogP contribution in [0, 0.1) is 0 Å². The predicted molar refractivity (Wildman–Crippen MR) is 106 cm³/mol. The number of guanidine groups is 1. The topological polar surface area (TPSA) is 65.9 Å². The summed E-state index contributed by atoms with van der Waals surface area (Å²) in [5, 5.41) is 17.2. The first-order valence-corrected chi connectivity index (χ1v) is 8.92.